The Hall–Kier alpha value is -2.75. The van der Waals surface area contributed by atoms with Crippen LogP contribution in [0.5, 0.6) is 0 Å². The minimum atomic E-state index is -4.92. The minimum Gasteiger partial charge on any atom is -0.393 e. The van der Waals surface area contributed by atoms with Crippen molar-refractivity contribution in [2.75, 3.05) is 13.1 Å². The highest BCUT2D eigenvalue weighted by Crippen LogP contribution is 2.37. The summed E-state index contributed by atoms with van der Waals surface area (Å²) in [7, 11) is 0. The van der Waals surface area contributed by atoms with Crippen LogP contribution in [0.15, 0.2) is 36.4 Å². The Bertz CT molecular complexity index is 1000. The maximum atomic E-state index is 13.1. The first-order chi connectivity index (χ1) is 15.8. The number of urea groups is 1. The second-order valence-electron chi connectivity index (χ2n) is 8.64. The van der Waals surface area contributed by atoms with E-state index in [-0.39, 0.29) is 31.1 Å². The summed E-state index contributed by atoms with van der Waals surface area (Å²) in [5.74, 6) is 0. The van der Waals surface area contributed by atoms with Crippen LogP contribution in [0.25, 0.3) is 0 Å². The number of aryl methyl sites for hydroxylation is 2. The number of hydrogen-bond donors (Lipinski definition) is 2. The third kappa shape index (κ3) is 6.22. The number of rotatable bonds is 4. The molecule has 10 heteroatoms. The summed E-state index contributed by atoms with van der Waals surface area (Å²) in [4.78, 5) is 14.4. The molecule has 3 rings (SSSR count). The molecule has 186 valence electrons. The zero-order valence-corrected chi connectivity index (χ0v) is 18.7. The number of hydrogen-bond acceptors (Lipinski definition) is 2. The summed E-state index contributed by atoms with van der Waals surface area (Å²) in [6.07, 6.45) is -9.93. The van der Waals surface area contributed by atoms with Crippen molar-refractivity contribution in [2.45, 2.75) is 57.6 Å². The molecule has 2 aromatic rings. The van der Waals surface area contributed by atoms with Crippen molar-refractivity contribution in [3.63, 3.8) is 0 Å². The van der Waals surface area contributed by atoms with Crippen LogP contribution >= 0.6 is 0 Å². The van der Waals surface area contributed by atoms with Gasteiger partial charge >= 0.3 is 18.4 Å². The lowest BCUT2D eigenvalue weighted by Gasteiger charge is -2.39. The number of carbonyl (C=O) groups excluding carboxylic acids is 1. The molecule has 0 radical (unpaired) electrons. The van der Waals surface area contributed by atoms with E-state index in [4.69, 9.17) is 0 Å². The molecule has 2 aromatic carbocycles. The summed E-state index contributed by atoms with van der Waals surface area (Å²) in [5, 5.41) is 12.8. The van der Waals surface area contributed by atoms with Crippen molar-refractivity contribution < 1.29 is 36.2 Å². The van der Waals surface area contributed by atoms with E-state index >= 15 is 0 Å². The van der Waals surface area contributed by atoms with Gasteiger partial charge in [0.25, 0.3) is 0 Å². The second kappa shape index (κ2) is 9.85. The monoisotopic (exact) mass is 488 g/mol. The predicted molar refractivity (Wildman–Crippen MR) is 114 cm³/mol. The Kier molecular flexibility index (Phi) is 7.50. The van der Waals surface area contributed by atoms with E-state index in [0.29, 0.717) is 25.0 Å². The second-order valence-corrected chi connectivity index (χ2v) is 8.64. The van der Waals surface area contributed by atoms with Crippen LogP contribution in [0.1, 0.15) is 52.3 Å². The standard InChI is InChI=1S/C24H26F6N2O2/c1-14-3-4-20(15(2)9-14)21-13-19(33)6-8-32(21)22(34)31-7-5-16-10-17(23(25,26)27)12-18(11-16)24(28,29)30/h3-4,9-12,19,21,33H,5-8,13H2,1-2H3,(H,31,34). The molecule has 2 amide bonds. The van der Waals surface area contributed by atoms with Gasteiger partial charge < -0.3 is 15.3 Å². The molecule has 2 unspecified atom stereocenters. The number of piperidine rings is 1. The van der Waals surface area contributed by atoms with Gasteiger partial charge in [-0.05, 0) is 68.0 Å². The first-order valence-corrected chi connectivity index (χ1v) is 10.8. The van der Waals surface area contributed by atoms with Crippen molar-refractivity contribution in [1.29, 1.82) is 0 Å². The lowest BCUT2D eigenvalue weighted by Crippen LogP contribution is -2.47. The molecule has 4 nitrogen and oxygen atoms in total. The number of amides is 2. The highest BCUT2D eigenvalue weighted by Gasteiger charge is 2.37. The molecular weight excluding hydrogens is 462 g/mol. The van der Waals surface area contributed by atoms with E-state index in [2.05, 4.69) is 5.32 Å². The van der Waals surface area contributed by atoms with Gasteiger partial charge in [-0.3, -0.25) is 0 Å². The molecular formula is C24H26F6N2O2. The Morgan fingerprint density at radius 1 is 1.03 bits per heavy atom. The van der Waals surface area contributed by atoms with Gasteiger partial charge in [0.05, 0.1) is 23.3 Å². The molecule has 0 saturated carbocycles. The third-order valence-electron chi connectivity index (χ3n) is 5.96. The summed E-state index contributed by atoms with van der Waals surface area (Å²) in [5.41, 5.74) is -0.0599. The number of nitrogens with one attached hydrogen (secondary N) is 1. The fraction of sp³-hybridized carbons (Fsp3) is 0.458. The van der Waals surface area contributed by atoms with Crippen LogP contribution in [-0.4, -0.2) is 35.2 Å². The zero-order chi connectivity index (χ0) is 25.3. The Balaban J connectivity index is 1.73. The quantitative estimate of drug-likeness (QED) is 0.536. The summed E-state index contributed by atoms with van der Waals surface area (Å²) in [6.45, 7) is 3.98. The highest BCUT2D eigenvalue weighted by atomic mass is 19.4. The third-order valence-corrected chi connectivity index (χ3v) is 5.96. The average Bonchev–Trinajstić information content (AvgIpc) is 2.72. The van der Waals surface area contributed by atoms with E-state index < -0.39 is 41.7 Å². The van der Waals surface area contributed by atoms with Crippen molar-refractivity contribution in [1.82, 2.24) is 10.2 Å². The molecule has 1 fully saturated rings. The van der Waals surface area contributed by atoms with Gasteiger partial charge in [-0.1, -0.05) is 23.8 Å². The summed E-state index contributed by atoms with van der Waals surface area (Å²) < 4.78 is 78.4. The largest absolute Gasteiger partial charge is 0.416 e. The molecule has 34 heavy (non-hydrogen) atoms. The number of aliphatic hydroxyl groups is 1. The van der Waals surface area contributed by atoms with Crippen LogP contribution in [0.4, 0.5) is 31.1 Å². The van der Waals surface area contributed by atoms with Crippen LogP contribution < -0.4 is 5.32 Å². The molecule has 1 saturated heterocycles. The lowest BCUT2D eigenvalue weighted by molar-refractivity contribution is -0.143. The van der Waals surface area contributed by atoms with Gasteiger partial charge in [-0.25, -0.2) is 4.79 Å². The summed E-state index contributed by atoms with van der Waals surface area (Å²) >= 11 is 0. The number of likely N-dealkylation sites (tertiary alicyclic amines) is 1. The number of nitrogens with zero attached hydrogens (tertiary/aromatic N) is 1. The van der Waals surface area contributed by atoms with Crippen molar-refractivity contribution in [3.8, 4) is 0 Å². The Labute approximate surface area is 193 Å². The maximum absolute atomic E-state index is 13.1. The Morgan fingerprint density at radius 2 is 1.65 bits per heavy atom. The molecule has 1 aliphatic heterocycles. The zero-order valence-electron chi connectivity index (χ0n) is 18.7. The maximum Gasteiger partial charge on any atom is 0.416 e. The van der Waals surface area contributed by atoms with Crippen molar-refractivity contribution >= 4 is 6.03 Å². The van der Waals surface area contributed by atoms with E-state index in [9.17, 15) is 36.2 Å². The fourth-order valence-electron chi connectivity index (χ4n) is 4.26. The van der Waals surface area contributed by atoms with Crippen LogP contribution in [-0.2, 0) is 18.8 Å². The number of carbonyl (C=O) groups is 1. The molecule has 0 spiro atoms. The van der Waals surface area contributed by atoms with E-state index in [0.717, 1.165) is 16.7 Å². The van der Waals surface area contributed by atoms with Gasteiger partial charge in [0.2, 0.25) is 0 Å². The molecule has 0 aromatic heterocycles. The fourth-order valence-corrected chi connectivity index (χ4v) is 4.26. The van der Waals surface area contributed by atoms with Gasteiger partial charge in [-0.15, -0.1) is 0 Å². The smallest absolute Gasteiger partial charge is 0.393 e. The van der Waals surface area contributed by atoms with Gasteiger partial charge in [-0.2, -0.15) is 26.3 Å². The number of halogens is 6. The Morgan fingerprint density at radius 3 is 2.21 bits per heavy atom. The highest BCUT2D eigenvalue weighted by molar-refractivity contribution is 5.75. The number of benzene rings is 2. The van der Waals surface area contributed by atoms with E-state index in [1.165, 1.54) is 0 Å². The van der Waals surface area contributed by atoms with Gasteiger partial charge in [0.15, 0.2) is 0 Å². The molecule has 2 N–H and O–H groups in total. The minimum absolute atomic E-state index is 0.0790. The van der Waals surface area contributed by atoms with E-state index in [1.807, 2.05) is 32.0 Å². The molecule has 1 aliphatic rings. The summed E-state index contributed by atoms with van der Waals surface area (Å²) in [6, 6.07) is 6.30. The SMILES string of the molecule is Cc1ccc(C2CC(O)CCN2C(=O)NCCc2cc(C(F)(F)F)cc(C(F)(F)F)c2)c(C)c1. The normalized spacial score (nSPS) is 19.3. The first kappa shape index (κ1) is 25.9. The average molecular weight is 488 g/mol. The molecule has 2 atom stereocenters. The topological polar surface area (TPSA) is 52.6 Å². The predicted octanol–water partition coefficient (Wildman–Crippen LogP) is 5.79. The number of aliphatic hydroxyl groups excluding tert-OH is 1. The molecule has 0 aliphatic carbocycles. The van der Waals surface area contributed by atoms with Crippen molar-refractivity contribution in [3.05, 3.63) is 69.8 Å². The first-order valence-electron chi connectivity index (χ1n) is 10.8. The number of alkyl halides is 6. The van der Waals surface area contributed by atoms with Crippen LogP contribution in [0.2, 0.25) is 0 Å². The molecule has 1 heterocycles. The lowest BCUT2D eigenvalue weighted by atomic mass is 9.90. The van der Waals surface area contributed by atoms with Crippen LogP contribution in [0.3, 0.4) is 0 Å². The molecule has 0 bridgehead atoms. The van der Waals surface area contributed by atoms with Gasteiger partial charge in [0.1, 0.15) is 0 Å². The van der Waals surface area contributed by atoms with Crippen LogP contribution in [0, 0.1) is 13.8 Å². The van der Waals surface area contributed by atoms with E-state index in [1.54, 1.807) is 4.90 Å². The van der Waals surface area contributed by atoms with Crippen molar-refractivity contribution in [2.24, 2.45) is 0 Å². The van der Waals surface area contributed by atoms with Gasteiger partial charge in [0, 0.05) is 13.1 Å².